The molecule has 0 bridgehead atoms. The van der Waals surface area contributed by atoms with Crippen LogP contribution >= 0.6 is 0 Å². The van der Waals surface area contributed by atoms with Crippen LogP contribution in [0, 0.1) is 5.41 Å². The average Bonchev–Trinajstić information content (AvgIpc) is 3.78. The quantitative estimate of drug-likeness (QED) is 0.143. The lowest BCUT2D eigenvalue weighted by atomic mass is 9.86. The van der Waals surface area contributed by atoms with Crippen molar-refractivity contribution in [1.82, 2.24) is 34.8 Å². The number of methoxy groups -OCH3 is 1. The molecule has 1 N–H and O–H groups in total. The number of nitrogens with one attached hydrogen (secondary N) is 1. The number of rotatable bonds is 14. The molecule has 4 aromatic heterocycles. The molecule has 0 amide bonds. The Hall–Kier alpha value is -4.57. The number of carbonyl (C=O) groups is 1. The number of piperazine rings is 1. The molecule has 54 heavy (non-hydrogen) atoms. The minimum atomic E-state index is -4.68. The molecule has 0 spiro atoms. The Bertz CT molecular complexity index is 1910. The normalized spacial score (nSPS) is 17.2. The summed E-state index contributed by atoms with van der Waals surface area (Å²) in [7, 11) is 3.68. The molecule has 13 nitrogen and oxygen atoms in total. The van der Waals surface area contributed by atoms with Gasteiger partial charge in [0.15, 0.2) is 11.5 Å². The number of aromatic amines is 1. The largest absolute Gasteiger partial charge is 0.478 e. The molecule has 6 rings (SSSR count). The topological polar surface area (TPSA) is 135 Å². The molecule has 0 radical (unpaired) electrons. The Morgan fingerprint density at radius 3 is 2.43 bits per heavy atom. The molecule has 4 aromatic rings. The van der Waals surface area contributed by atoms with Crippen molar-refractivity contribution in [3.05, 3.63) is 36.3 Å². The zero-order valence-corrected chi connectivity index (χ0v) is 31.9. The number of H-pyrrole nitrogens is 1. The molecule has 0 unspecified atom stereocenters. The predicted octanol–water partition coefficient (Wildman–Crippen LogP) is 6.39. The Labute approximate surface area is 313 Å². The zero-order chi connectivity index (χ0) is 38.7. The van der Waals surface area contributed by atoms with E-state index in [1.807, 2.05) is 7.05 Å². The fourth-order valence-corrected chi connectivity index (χ4v) is 7.80. The molecular formula is C38H50F3N9O4. The summed E-state index contributed by atoms with van der Waals surface area (Å²) in [5.74, 6) is 0.821. The Morgan fingerprint density at radius 2 is 1.78 bits per heavy atom. The first-order valence-corrected chi connectivity index (χ1v) is 18.6. The monoisotopic (exact) mass is 753 g/mol. The van der Waals surface area contributed by atoms with Gasteiger partial charge in [-0.05, 0) is 52.7 Å². The second kappa shape index (κ2) is 16.0. The number of fused-ring (bicyclic) bond motifs is 1. The number of esters is 1. The Morgan fingerprint density at radius 1 is 1.00 bits per heavy atom. The van der Waals surface area contributed by atoms with Gasteiger partial charge in [0.05, 0.1) is 50.0 Å². The molecule has 16 heteroatoms. The van der Waals surface area contributed by atoms with Crippen molar-refractivity contribution < 1.29 is 32.2 Å². The van der Waals surface area contributed by atoms with Crippen molar-refractivity contribution in [1.29, 1.82) is 0 Å². The van der Waals surface area contributed by atoms with Crippen molar-refractivity contribution in [2.75, 3.05) is 76.5 Å². The predicted molar refractivity (Wildman–Crippen MR) is 199 cm³/mol. The van der Waals surface area contributed by atoms with Gasteiger partial charge in [-0.2, -0.15) is 13.2 Å². The molecule has 292 valence electrons. The second-order valence-electron chi connectivity index (χ2n) is 14.9. The van der Waals surface area contributed by atoms with E-state index in [0.29, 0.717) is 74.2 Å². The summed E-state index contributed by atoms with van der Waals surface area (Å²) in [6, 6.07) is 4.25. The van der Waals surface area contributed by atoms with Crippen molar-refractivity contribution in [2.24, 2.45) is 5.41 Å². The lowest BCUT2D eigenvalue weighted by Gasteiger charge is -2.47. The van der Waals surface area contributed by atoms with Gasteiger partial charge in [-0.25, -0.2) is 24.9 Å². The summed E-state index contributed by atoms with van der Waals surface area (Å²) in [6.45, 7) is 12.4. The third-order valence-electron chi connectivity index (χ3n) is 10.4. The van der Waals surface area contributed by atoms with Crippen molar-refractivity contribution in [3.63, 3.8) is 0 Å². The maximum atomic E-state index is 14.0. The van der Waals surface area contributed by atoms with Crippen molar-refractivity contribution in [3.8, 4) is 28.7 Å². The van der Waals surface area contributed by atoms with Crippen LogP contribution in [0.2, 0.25) is 0 Å². The first kappa shape index (κ1) is 39.1. The van der Waals surface area contributed by atoms with E-state index in [0.717, 1.165) is 49.8 Å². The minimum Gasteiger partial charge on any atom is -0.478 e. The highest BCUT2D eigenvalue weighted by Crippen LogP contribution is 2.41. The van der Waals surface area contributed by atoms with E-state index < -0.39 is 11.9 Å². The van der Waals surface area contributed by atoms with Crippen molar-refractivity contribution in [2.45, 2.75) is 71.5 Å². The number of halogens is 3. The highest BCUT2D eigenvalue weighted by molar-refractivity contribution is 5.91. The van der Waals surface area contributed by atoms with Crippen molar-refractivity contribution >= 4 is 28.6 Å². The van der Waals surface area contributed by atoms with E-state index in [-0.39, 0.29) is 35.0 Å². The first-order chi connectivity index (χ1) is 25.7. The van der Waals surface area contributed by atoms with Crippen LogP contribution in [-0.4, -0.2) is 113 Å². The Balaban J connectivity index is 1.32. The van der Waals surface area contributed by atoms with Crippen LogP contribution in [0.25, 0.3) is 33.9 Å². The standard InChI is InChI=1S/C38H50F3N9O4/c1-7-53-31-18-25(17-29(45-31)38(39,40)41)26-19-28(48(5)23-37(24-52-6)12-9-10-13-37)33-35(44-26)47-34(46-33)27-20-43-30(21-42-27)49-15-16-50(36(3,4)22-49)14-11-32(51)54-8-2/h17-21H,7-16,22-24H2,1-6H3,(H,44,46,47). The SMILES string of the molecule is CCOC(=O)CCN1CCN(c2cnc(-c3nc4nc(-c5cc(OCC)nc(C(F)(F)F)c5)cc(N(C)CC5(COC)CCCC5)c4[nH]3)cn2)CC1(C)C. The van der Waals surface area contributed by atoms with Gasteiger partial charge in [0.1, 0.15) is 22.7 Å². The summed E-state index contributed by atoms with van der Waals surface area (Å²) in [5, 5.41) is 0. The zero-order valence-electron chi connectivity index (χ0n) is 31.9. The van der Waals surface area contributed by atoms with E-state index in [1.54, 1.807) is 39.4 Å². The van der Waals surface area contributed by atoms with E-state index in [1.165, 1.54) is 6.07 Å². The van der Waals surface area contributed by atoms with Gasteiger partial charge in [0.25, 0.3) is 0 Å². The maximum Gasteiger partial charge on any atom is 0.433 e. The molecule has 0 aromatic carbocycles. The number of aromatic nitrogens is 6. The van der Waals surface area contributed by atoms with Crippen LogP contribution in [0.5, 0.6) is 5.88 Å². The van der Waals surface area contributed by atoms with Crippen LogP contribution in [0.3, 0.4) is 0 Å². The molecule has 2 aliphatic rings. The lowest BCUT2D eigenvalue weighted by Crippen LogP contribution is -2.59. The smallest absolute Gasteiger partial charge is 0.433 e. The Kier molecular flexibility index (Phi) is 11.6. The number of ether oxygens (including phenoxy) is 3. The van der Waals surface area contributed by atoms with Crippen LogP contribution in [0.15, 0.2) is 30.6 Å². The minimum absolute atomic E-state index is 0.0629. The van der Waals surface area contributed by atoms with Gasteiger partial charge in [-0.3, -0.25) is 9.69 Å². The van der Waals surface area contributed by atoms with Gasteiger partial charge in [-0.15, -0.1) is 0 Å². The molecule has 1 aliphatic heterocycles. The highest BCUT2D eigenvalue weighted by atomic mass is 19.4. The maximum absolute atomic E-state index is 14.0. The number of carbonyl (C=O) groups excluding carboxylic acids is 1. The number of pyridine rings is 2. The first-order valence-electron chi connectivity index (χ1n) is 18.6. The summed E-state index contributed by atoms with van der Waals surface area (Å²) < 4.78 is 58.1. The summed E-state index contributed by atoms with van der Waals surface area (Å²) >= 11 is 0. The summed E-state index contributed by atoms with van der Waals surface area (Å²) in [6.07, 6.45) is 3.29. The molecule has 0 atom stereocenters. The highest BCUT2D eigenvalue weighted by Gasteiger charge is 2.37. The van der Waals surface area contributed by atoms with E-state index in [9.17, 15) is 18.0 Å². The average molecular weight is 754 g/mol. The van der Waals surface area contributed by atoms with Gasteiger partial charge < -0.3 is 29.0 Å². The van der Waals surface area contributed by atoms with E-state index in [2.05, 4.69) is 38.5 Å². The molecule has 1 saturated carbocycles. The number of imidazole rings is 1. The molecule has 1 saturated heterocycles. The van der Waals surface area contributed by atoms with Crippen LogP contribution in [0.4, 0.5) is 24.7 Å². The van der Waals surface area contributed by atoms with E-state index in [4.69, 9.17) is 34.1 Å². The van der Waals surface area contributed by atoms with Gasteiger partial charge in [0.2, 0.25) is 5.88 Å². The number of anilines is 2. The van der Waals surface area contributed by atoms with Gasteiger partial charge in [-0.1, -0.05) is 12.8 Å². The number of alkyl halides is 3. The number of nitrogens with zero attached hydrogens (tertiary/aromatic N) is 8. The summed E-state index contributed by atoms with van der Waals surface area (Å²) in [5.41, 5.74) is 1.35. The molecular weight excluding hydrogens is 703 g/mol. The number of hydrogen-bond donors (Lipinski definition) is 1. The van der Waals surface area contributed by atoms with Crippen LogP contribution < -0.4 is 14.5 Å². The fraction of sp³-hybridized carbons (Fsp3) is 0.579. The number of hydrogen-bond acceptors (Lipinski definition) is 12. The summed E-state index contributed by atoms with van der Waals surface area (Å²) in [4.78, 5) is 44.7. The molecule has 2 fully saturated rings. The molecule has 1 aliphatic carbocycles. The van der Waals surface area contributed by atoms with E-state index >= 15 is 0 Å². The third-order valence-corrected chi connectivity index (χ3v) is 10.4. The fourth-order valence-electron chi connectivity index (χ4n) is 7.80. The third kappa shape index (κ3) is 8.70. The van der Waals surface area contributed by atoms with Crippen LogP contribution in [0.1, 0.15) is 65.5 Å². The van der Waals surface area contributed by atoms with Gasteiger partial charge in [0, 0.05) is 69.5 Å². The second-order valence-corrected chi connectivity index (χ2v) is 14.9. The molecule has 5 heterocycles. The lowest BCUT2D eigenvalue weighted by molar-refractivity contribution is -0.144. The van der Waals surface area contributed by atoms with Gasteiger partial charge >= 0.3 is 12.1 Å². The van der Waals surface area contributed by atoms with Crippen LogP contribution in [-0.2, 0) is 20.4 Å².